The van der Waals surface area contributed by atoms with E-state index in [4.69, 9.17) is 10.2 Å². The van der Waals surface area contributed by atoms with Crippen molar-refractivity contribution in [3.05, 3.63) is 42.2 Å². The third-order valence-corrected chi connectivity index (χ3v) is 2.10. The monoisotopic (exact) mass is 173 g/mol. The van der Waals surface area contributed by atoms with Crippen LogP contribution in [0.5, 0.6) is 0 Å². The minimum absolute atomic E-state index is 0.776. The highest BCUT2D eigenvalue weighted by Gasteiger charge is 1.99. The van der Waals surface area contributed by atoms with Crippen LogP contribution in [0.25, 0.3) is 16.7 Å². The molecule has 0 spiro atoms. The lowest BCUT2D eigenvalue weighted by Gasteiger charge is -1.99. The molecule has 0 radical (unpaired) electrons. The second kappa shape index (κ2) is 2.98. The molecular weight excluding hydrogens is 162 g/mol. The first-order valence-corrected chi connectivity index (χ1v) is 4.20. The lowest BCUT2D eigenvalue weighted by molar-refractivity contribution is 0.616. The zero-order chi connectivity index (χ0) is 9.26. The number of nitrogens with two attached hydrogens (primary N) is 1. The van der Waals surface area contributed by atoms with Crippen molar-refractivity contribution in [1.82, 2.24) is 0 Å². The first kappa shape index (κ1) is 7.92. The van der Waals surface area contributed by atoms with Crippen LogP contribution in [0.3, 0.4) is 0 Å². The van der Waals surface area contributed by atoms with Gasteiger partial charge in [-0.05, 0) is 19.1 Å². The molecule has 0 bridgehead atoms. The molecule has 1 aromatic heterocycles. The van der Waals surface area contributed by atoms with Crippen molar-refractivity contribution in [3.8, 4) is 0 Å². The number of benzene rings is 1. The lowest BCUT2D eigenvalue weighted by Crippen LogP contribution is -1.94. The van der Waals surface area contributed by atoms with Crippen molar-refractivity contribution in [1.29, 1.82) is 0 Å². The predicted molar refractivity (Wildman–Crippen MR) is 54.1 cm³/mol. The molecule has 66 valence electrons. The summed E-state index contributed by atoms with van der Waals surface area (Å²) in [7, 11) is 0. The molecule has 0 aliphatic carbocycles. The van der Waals surface area contributed by atoms with Crippen molar-refractivity contribution >= 4 is 16.7 Å². The van der Waals surface area contributed by atoms with Crippen molar-refractivity contribution in [2.75, 3.05) is 0 Å². The Morgan fingerprint density at radius 2 is 2.23 bits per heavy atom. The van der Waals surface area contributed by atoms with Gasteiger partial charge in [0.15, 0.2) is 0 Å². The van der Waals surface area contributed by atoms with Gasteiger partial charge in [0.2, 0.25) is 0 Å². The van der Waals surface area contributed by atoms with Crippen LogP contribution in [0.15, 0.2) is 41.0 Å². The van der Waals surface area contributed by atoms with Gasteiger partial charge in [-0.2, -0.15) is 0 Å². The van der Waals surface area contributed by atoms with Crippen LogP contribution in [0.1, 0.15) is 12.5 Å². The number of allylic oxidation sites excluding steroid dienone is 1. The van der Waals surface area contributed by atoms with Gasteiger partial charge in [-0.3, -0.25) is 0 Å². The van der Waals surface area contributed by atoms with Crippen molar-refractivity contribution in [3.63, 3.8) is 0 Å². The molecule has 2 nitrogen and oxygen atoms in total. The van der Waals surface area contributed by atoms with E-state index in [0.29, 0.717) is 0 Å². The van der Waals surface area contributed by atoms with Crippen LogP contribution >= 0.6 is 0 Å². The average Bonchev–Trinajstić information content (AvgIpc) is 2.63. The number of hydrogen-bond acceptors (Lipinski definition) is 2. The summed E-state index contributed by atoms with van der Waals surface area (Å²) >= 11 is 0. The smallest absolute Gasteiger partial charge is 0.134 e. The normalized spacial score (nSPS) is 12.2. The number of rotatable bonds is 1. The summed E-state index contributed by atoms with van der Waals surface area (Å²) in [4.78, 5) is 0. The van der Waals surface area contributed by atoms with E-state index in [1.54, 1.807) is 6.26 Å². The molecule has 0 saturated carbocycles. The van der Waals surface area contributed by atoms with Gasteiger partial charge in [-0.25, -0.2) is 0 Å². The first-order chi connectivity index (χ1) is 6.31. The zero-order valence-electron chi connectivity index (χ0n) is 7.45. The van der Waals surface area contributed by atoms with Gasteiger partial charge in [-0.15, -0.1) is 0 Å². The van der Waals surface area contributed by atoms with E-state index in [1.807, 2.05) is 37.3 Å². The van der Waals surface area contributed by atoms with Crippen molar-refractivity contribution in [2.24, 2.45) is 5.73 Å². The fourth-order valence-corrected chi connectivity index (χ4v) is 1.30. The van der Waals surface area contributed by atoms with Gasteiger partial charge in [-0.1, -0.05) is 18.2 Å². The molecule has 0 saturated heterocycles. The van der Waals surface area contributed by atoms with Crippen LogP contribution in [0.4, 0.5) is 0 Å². The Morgan fingerprint density at radius 3 is 3.00 bits per heavy atom. The second-order valence-electron chi connectivity index (χ2n) is 2.92. The SMILES string of the molecule is C/C=C(/N)c1ccc2ccoc2c1. The van der Waals surface area contributed by atoms with Gasteiger partial charge in [0.05, 0.1) is 6.26 Å². The Morgan fingerprint density at radius 1 is 1.38 bits per heavy atom. The maximum Gasteiger partial charge on any atom is 0.134 e. The quantitative estimate of drug-likeness (QED) is 0.720. The summed E-state index contributed by atoms with van der Waals surface area (Å²) < 4.78 is 5.27. The Balaban J connectivity index is 2.60. The maximum atomic E-state index is 5.77. The largest absolute Gasteiger partial charge is 0.464 e. The molecule has 1 heterocycles. The van der Waals surface area contributed by atoms with Crippen LogP contribution in [-0.4, -0.2) is 0 Å². The van der Waals surface area contributed by atoms with E-state index in [2.05, 4.69) is 0 Å². The van der Waals surface area contributed by atoms with Gasteiger partial charge < -0.3 is 10.2 Å². The highest BCUT2D eigenvalue weighted by atomic mass is 16.3. The maximum absolute atomic E-state index is 5.77. The van der Waals surface area contributed by atoms with E-state index < -0.39 is 0 Å². The van der Waals surface area contributed by atoms with Crippen LogP contribution < -0.4 is 5.73 Å². The third kappa shape index (κ3) is 1.31. The Bertz CT molecular complexity index is 454. The Hall–Kier alpha value is -1.70. The Labute approximate surface area is 76.7 Å². The van der Waals surface area contributed by atoms with Crippen LogP contribution in [0, 0.1) is 0 Å². The fraction of sp³-hybridized carbons (Fsp3) is 0.0909. The first-order valence-electron chi connectivity index (χ1n) is 4.20. The summed E-state index contributed by atoms with van der Waals surface area (Å²) in [5.74, 6) is 0. The summed E-state index contributed by atoms with van der Waals surface area (Å²) in [5.41, 5.74) is 8.43. The molecule has 0 unspecified atom stereocenters. The van der Waals surface area contributed by atoms with E-state index in [-0.39, 0.29) is 0 Å². The molecule has 2 rings (SSSR count). The van der Waals surface area contributed by atoms with E-state index in [9.17, 15) is 0 Å². The fourth-order valence-electron chi connectivity index (χ4n) is 1.30. The average molecular weight is 173 g/mol. The topological polar surface area (TPSA) is 39.2 Å². The molecule has 2 N–H and O–H groups in total. The molecule has 13 heavy (non-hydrogen) atoms. The van der Waals surface area contributed by atoms with Crippen LogP contribution in [0.2, 0.25) is 0 Å². The number of furan rings is 1. The molecule has 0 aliphatic heterocycles. The lowest BCUT2D eigenvalue weighted by atomic mass is 10.1. The van der Waals surface area contributed by atoms with Gasteiger partial charge in [0.1, 0.15) is 5.58 Å². The summed E-state index contributed by atoms with van der Waals surface area (Å²) in [6.07, 6.45) is 3.56. The second-order valence-corrected chi connectivity index (χ2v) is 2.92. The molecule has 1 aromatic carbocycles. The molecule has 2 heteroatoms. The van der Waals surface area contributed by atoms with Crippen molar-refractivity contribution < 1.29 is 4.42 Å². The molecule has 0 atom stereocenters. The highest BCUT2D eigenvalue weighted by Crippen LogP contribution is 2.19. The standard InChI is InChI=1S/C11H11NO/c1-2-10(12)9-4-3-8-5-6-13-11(8)7-9/h2-7H,12H2,1H3/b10-2+. The minimum Gasteiger partial charge on any atom is -0.464 e. The predicted octanol–water partition coefficient (Wildman–Crippen LogP) is 2.75. The zero-order valence-corrected chi connectivity index (χ0v) is 7.45. The number of hydrogen-bond donors (Lipinski definition) is 1. The minimum atomic E-state index is 0.776. The third-order valence-electron chi connectivity index (χ3n) is 2.10. The highest BCUT2D eigenvalue weighted by molar-refractivity contribution is 5.81. The van der Waals surface area contributed by atoms with Gasteiger partial charge >= 0.3 is 0 Å². The molecule has 0 aliphatic rings. The van der Waals surface area contributed by atoms with Crippen molar-refractivity contribution in [2.45, 2.75) is 6.92 Å². The van der Waals surface area contributed by atoms with Gasteiger partial charge in [0.25, 0.3) is 0 Å². The van der Waals surface area contributed by atoms with Crippen LogP contribution in [-0.2, 0) is 0 Å². The van der Waals surface area contributed by atoms with E-state index in [0.717, 1.165) is 22.2 Å². The van der Waals surface area contributed by atoms with E-state index >= 15 is 0 Å². The van der Waals surface area contributed by atoms with Gasteiger partial charge in [0, 0.05) is 16.6 Å². The summed E-state index contributed by atoms with van der Waals surface area (Å²) in [5, 5.41) is 1.10. The molecule has 0 amide bonds. The van der Waals surface area contributed by atoms with E-state index in [1.165, 1.54) is 0 Å². The Kier molecular flexibility index (Phi) is 1.81. The molecule has 2 aromatic rings. The summed E-state index contributed by atoms with van der Waals surface area (Å²) in [6.45, 7) is 1.92. The number of fused-ring (bicyclic) bond motifs is 1. The molecule has 0 fully saturated rings. The summed E-state index contributed by atoms with van der Waals surface area (Å²) in [6, 6.07) is 7.88. The molecular formula is C11H11NO.